The summed E-state index contributed by atoms with van der Waals surface area (Å²) in [6, 6.07) is 5.88. The molecule has 0 saturated heterocycles. The summed E-state index contributed by atoms with van der Waals surface area (Å²) in [5, 5.41) is 11.5. The van der Waals surface area contributed by atoms with Crippen molar-refractivity contribution in [2.24, 2.45) is 5.92 Å². The summed E-state index contributed by atoms with van der Waals surface area (Å²) in [5.41, 5.74) is 0.566. The fourth-order valence-electron chi connectivity index (χ4n) is 2.09. The molecule has 0 aromatic heterocycles. The predicted octanol–water partition coefficient (Wildman–Crippen LogP) is 2.27. The number of nitrogens with one attached hydrogen (secondary N) is 1. The Morgan fingerprint density at radius 3 is 2.22 bits per heavy atom. The summed E-state index contributed by atoms with van der Waals surface area (Å²) < 4.78 is 5.02. The fourth-order valence-corrected chi connectivity index (χ4v) is 2.09. The van der Waals surface area contributed by atoms with Crippen LogP contribution in [0.5, 0.6) is 5.75 Å². The highest BCUT2D eigenvalue weighted by molar-refractivity contribution is 5.96. The first-order valence-corrected chi connectivity index (χ1v) is 7.54. The lowest BCUT2D eigenvalue weighted by Crippen LogP contribution is -2.44. The molecule has 1 rings (SSSR count). The number of carboxylic acids is 1. The molecule has 23 heavy (non-hydrogen) atoms. The second-order valence-electron chi connectivity index (χ2n) is 5.63. The number of benzene rings is 1. The molecule has 6 heteroatoms. The van der Waals surface area contributed by atoms with Crippen LogP contribution < -0.4 is 10.1 Å². The van der Waals surface area contributed by atoms with Gasteiger partial charge in [-0.3, -0.25) is 9.59 Å². The summed E-state index contributed by atoms with van der Waals surface area (Å²) in [6.45, 7) is 3.46. The van der Waals surface area contributed by atoms with Crippen molar-refractivity contribution in [3.8, 4) is 5.75 Å². The van der Waals surface area contributed by atoms with Crippen LogP contribution in [0, 0.1) is 5.92 Å². The molecule has 0 bridgehead atoms. The van der Waals surface area contributed by atoms with Gasteiger partial charge in [-0.15, -0.1) is 0 Å². The third kappa shape index (κ3) is 6.10. The van der Waals surface area contributed by atoms with E-state index in [1.165, 1.54) is 0 Å². The van der Waals surface area contributed by atoms with Crippen molar-refractivity contribution in [2.75, 3.05) is 7.11 Å². The lowest BCUT2D eigenvalue weighted by Gasteiger charge is -2.17. The third-order valence-electron chi connectivity index (χ3n) is 3.47. The molecule has 6 nitrogen and oxygen atoms in total. The maximum Gasteiger partial charge on any atom is 0.326 e. The summed E-state index contributed by atoms with van der Waals surface area (Å²) >= 11 is 0. The van der Waals surface area contributed by atoms with Crippen molar-refractivity contribution in [1.82, 2.24) is 5.32 Å². The Labute approximate surface area is 135 Å². The SMILES string of the molecule is COc1ccc(C(=O)CCCC(=O)NC(C(=O)O)C(C)C)cc1. The van der Waals surface area contributed by atoms with Crippen LogP contribution in [-0.4, -0.2) is 35.9 Å². The third-order valence-corrected chi connectivity index (χ3v) is 3.47. The maximum absolute atomic E-state index is 12.0. The smallest absolute Gasteiger partial charge is 0.326 e. The number of methoxy groups -OCH3 is 1. The van der Waals surface area contributed by atoms with Crippen LogP contribution in [-0.2, 0) is 9.59 Å². The number of carbonyl (C=O) groups excluding carboxylic acids is 2. The van der Waals surface area contributed by atoms with Crippen LogP contribution >= 0.6 is 0 Å². The molecule has 1 aromatic rings. The van der Waals surface area contributed by atoms with Gasteiger partial charge in [-0.1, -0.05) is 13.8 Å². The first-order valence-electron chi connectivity index (χ1n) is 7.54. The fraction of sp³-hybridized carbons (Fsp3) is 0.471. The van der Waals surface area contributed by atoms with E-state index >= 15 is 0 Å². The standard InChI is InChI=1S/C17H23NO5/c1-11(2)16(17(21)22)18-15(20)6-4-5-14(19)12-7-9-13(23-3)10-8-12/h7-11,16H,4-6H2,1-3H3,(H,18,20)(H,21,22). The van der Waals surface area contributed by atoms with E-state index < -0.39 is 12.0 Å². The van der Waals surface area contributed by atoms with Crippen LogP contribution in [0.2, 0.25) is 0 Å². The molecule has 1 amide bonds. The van der Waals surface area contributed by atoms with Crippen LogP contribution in [0.3, 0.4) is 0 Å². The minimum atomic E-state index is -1.05. The molecular formula is C17H23NO5. The van der Waals surface area contributed by atoms with Crippen molar-refractivity contribution in [3.63, 3.8) is 0 Å². The van der Waals surface area contributed by atoms with Gasteiger partial charge in [0.25, 0.3) is 0 Å². The number of rotatable bonds is 9. The first kappa shape index (κ1) is 18.7. The lowest BCUT2D eigenvalue weighted by molar-refractivity contribution is -0.143. The van der Waals surface area contributed by atoms with Gasteiger partial charge < -0.3 is 15.2 Å². The van der Waals surface area contributed by atoms with Crippen molar-refractivity contribution in [2.45, 2.75) is 39.2 Å². The zero-order valence-electron chi connectivity index (χ0n) is 13.7. The van der Waals surface area contributed by atoms with E-state index in [2.05, 4.69) is 5.32 Å². The molecular weight excluding hydrogens is 298 g/mol. The maximum atomic E-state index is 12.0. The van der Waals surface area contributed by atoms with Crippen molar-refractivity contribution in [1.29, 1.82) is 0 Å². The second kappa shape index (κ2) is 8.92. The minimum absolute atomic E-state index is 0.0564. The number of aliphatic carboxylic acids is 1. The Balaban J connectivity index is 2.41. The normalized spacial score (nSPS) is 11.8. The molecule has 0 aliphatic carbocycles. The van der Waals surface area contributed by atoms with Gasteiger partial charge in [-0.25, -0.2) is 4.79 Å². The molecule has 126 valence electrons. The molecule has 0 aliphatic heterocycles. The molecule has 0 spiro atoms. The predicted molar refractivity (Wildman–Crippen MR) is 85.6 cm³/mol. The molecule has 1 aromatic carbocycles. The number of Topliss-reactive ketones (excluding diaryl/α,β-unsaturated/α-hetero) is 1. The highest BCUT2D eigenvalue weighted by Gasteiger charge is 2.23. The van der Waals surface area contributed by atoms with E-state index in [0.717, 1.165) is 0 Å². The largest absolute Gasteiger partial charge is 0.497 e. The Kier molecular flexibility index (Phi) is 7.25. The summed E-state index contributed by atoms with van der Waals surface area (Å²) in [6.07, 6.45) is 0.735. The Hall–Kier alpha value is -2.37. The Morgan fingerprint density at radius 2 is 1.74 bits per heavy atom. The van der Waals surface area contributed by atoms with E-state index in [1.807, 2.05) is 0 Å². The number of carboxylic acid groups (broad SMARTS) is 1. The summed E-state index contributed by atoms with van der Waals surface area (Å²) in [7, 11) is 1.55. The van der Waals surface area contributed by atoms with Crippen molar-refractivity contribution < 1.29 is 24.2 Å². The molecule has 1 atom stereocenters. The van der Waals surface area contributed by atoms with Gasteiger partial charge in [-0.05, 0) is 36.6 Å². The Morgan fingerprint density at radius 1 is 1.13 bits per heavy atom. The van der Waals surface area contributed by atoms with E-state index in [4.69, 9.17) is 9.84 Å². The van der Waals surface area contributed by atoms with Crippen molar-refractivity contribution >= 4 is 17.7 Å². The van der Waals surface area contributed by atoms with Gasteiger partial charge in [0.2, 0.25) is 5.91 Å². The molecule has 0 heterocycles. The molecule has 0 radical (unpaired) electrons. The number of ether oxygens (including phenoxy) is 1. The zero-order chi connectivity index (χ0) is 17.4. The Bertz CT molecular complexity index is 551. The van der Waals surface area contributed by atoms with Crippen LogP contribution in [0.4, 0.5) is 0 Å². The van der Waals surface area contributed by atoms with E-state index in [-0.39, 0.29) is 30.4 Å². The van der Waals surface area contributed by atoms with E-state index in [9.17, 15) is 14.4 Å². The lowest BCUT2D eigenvalue weighted by atomic mass is 10.0. The molecule has 0 aliphatic rings. The van der Waals surface area contributed by atoms with Gasteiger partial charge in [0.1, 0.15) is 11.8 Å². The number of carbonyl (C=O) groups is 3. The van der Waals surface area contributed by atoms with Gasteiger partial charge >= 0.3 is 5.97 Å². The average Bonchev–Trinajstić information content (AvgIpc) is 2.52. The molecule has 0 fully saturated rings. The quantitative estimate of drug-likeness (QED) is 0.681. The van der Waals surface area contributed by atoms with Gasteiger partial charge in [0, 0.05) is 18.4 Å². The molecule has 1 unspecified atom stereocenters. The van der Waals surface area contributed by atoms with Gasteiger partial charge in [-0.2, -0.15) is 0 Å². The van der Waals surface area contributed by atoms with Gasteiger partial charge in [0.05, 0.1) is 7.11 Å². The van der Waals surface area contributed by atoms with Crippen LogP contribution in [0.1, 0.15) is 43.5 Å². The monoisotopic (exact) mass is 321 g/mol. The van der Waals surface area contributed by atoms with E-state index in [0.29, 0.717) is 17.7 Å². The highest BCUT2D eigenvalue weighted by Crippen LogP contribution is 2.14. The summed E-state index contributed by atoms with van der Waals surface area (Å²) in [4.78, 5) is 34.8. The van der Waals surface area contributed by atoms with Crippen LogP contribution in [0.15, 0.2) is 24.3 Å². The average molecular weight is 321 g/mol. The molecule has 0 saturated carbocycles. The number of hydrogen-bond acceptors (Lipinski definition) is 4. The van der Waals surface area contributed by atoms with E-state index in [1.54, 1.807) is 45.2 Å². The van der Waals surface area contributed by atoms with Crippen molar-refractivity contribution in [3.05, 3.63) is 29.8 Å². The topological polar surface area (TPSA) is 92.7 Å². The molecule has 2 N–H and O–H groups in total. The summed E-state index contributed by atoms with van der Waals surface area (Å²) in [5.74, 6) is -0.984. The van der Waals surface area contributed by atoms with Crippen LogP contribution in [0.25, 0.3) is 0 Å². The second-order valence-corrected chi connectivity index (χ2v) is 5.63. The number of ketones is 1. The first-order chi connectivity index (χ1) is 10.8. The zero-order valence-corrected chi connectivity index (χ0v) is 13.7. The number of hydrogen-bond donors (Lipinski definition) is 2. The minimum Gasteiger partial charge on any atom is -0.497 e. The van der Waals surface area contributed by atoms with Gasteiger partial charge in [0.15, 0.2) is 5.78 Å². The highest BCUT2D eigenvalue weighted by atomic mass is 16.5. The number of amides is 1.